The first-order chi connectivity index (χ1) is 16.3. The van der Waals surface area contributed by atoms with Crippen molar-refractivity contribution in [2.75, 3.05) is 11.1 Å². The summed E-state index contributed by atoms with van der Waals surface area (Å²) < 4.78 is 2.14. The summed E-state index contributed by atoms with van der Waals surface area (Å²) in [5.41, 5.74) is 7.58. The summed E-state index contributed by atoms with van der Waals surface area (Å²) in [7, 11) is 0. The van der Waals surface area contributed by atoms with Gasteiger partial charge in [0.1, 0.15) is 17.5 Å². The fourth-order valence-corrected chi connectivity index (χ4v) is 4.43. The van der Waals surface area contributed by atoms with Gasteiger partial charge in [0.15, 0.2) is 0 Å². The summed E-state index contributed by atoms with van der Waals surface area (Å²) in [4.78, 5) is 33.4. The van der Waals surface area contributed by atoms with Crippen LogP contribution in [0.3, 0.4) is 0 Å². The van der Waals surface area contributed by atoms with E-state index in [0.29, 0.717) is 21.2 Å². The molecule has 0 radical (unpaired) electrons. The number of hydrogen-bond acceptors (Lipinski definition) is 7. The number of hydrogen-bond donors (Lipinski definition) is 3. The number of nitriles is 1. The van der Waals surface area contributed by atoms with Crippen LogP contribution in [0.5, 0.6) is 0 Å². The summed E-state index contributed by atoms with van der Waals surface area (Å²) >= 11 is 2.21. The average molecular weight is 566 g/mol. The normalized spacial score (nSPS) is 11.7. The maximum Gasteiger partial charge on any atom is 0.335 e. The lowest BCUT2D eigenvalue weighted by molar-refractivity contribution is 0.0697. The third-order valence-corrected chi connectivity index (χ3v) is 6.20. The van der Waals surface area contributed by atoms with Crippen molar-refractivity contribution in [1.29, 1.82) is 5.26 Å². The molecule has 0 saturated carbocycles. The van der Waals surface area contributed by atoms with E-state index in [9.17, 15) is 20.0 Å². The zero-order valence-corrected chi connectivity index (χ0v) is 20.1. The summed E-state index contributed by atoms with van der Waals surface area (Å²) in [6, 6.07) is 15.3. The molecule has 2 aromatic carbocycles. The number of halogens is 1. The lowest BCUT2D eigenvalue weighted by Gasteiger charge is -2.22. The number of aromatic nitrogens is 3. The number of nitrogens with one attached hydrogen (secondary N) is 1. The van der Waals surface area contributed by atoms with E-state index >= 15 is 0 Å². The van der Waals surface area contributed by atoms with E-state index in [1.165, 1.54) is 22.9 Å². The molecule has 2 heterocycles. The number of carboxylic acid groups (broad SMARTS) is 1. The SMILES string of the molecule is C[C@H](Nc1nc(N)ncc1C#N)c1cc2cccc(CI)c2c(=O)n1-c1cccc(C(=O)O)c1. The van der Waals surface area contributed by atoms with Crippen LogP contribution in [0.1, 0.15) is 40.1 Å². The van der Waals surface area contributed by atoms with Crippen LogP contribution in [0, 0.1) is 11.3 Å². The number of nitrogens with zero attached hydrogens (tertiary/aromatic N) is 4. The number of pyridine rings is 1. The highest BCUT2D eigenvalue weighted by atomic mass is 127. The van der Waals surface area contributed by atoms with Gasteiger partial charge in [0.2, 0.25) is 5.95 Å². The van der Waals surface area contributed by atoms with Crippen molar-refractivity contribution in [2.45, 2.75) is 17.4 Å². The second-order valence-electron chi connectivity index (χ2n) is 7.55. The molecule has 0 unspecified atom stereocenters. The quantitative estimate of drug-likeness (QED) is 0.234. The topological polar surface area (TPSA) is 147 Å². The predicted octanol–water partition coefficient (Wildman–Crippen LogP) is 4.04. The van der Waals surface area contributed by atoms with Crippen LogP contribution >= 0.6 is 22.6 Å². The molecule has 9 nitrogen and oxygen atoms in total. The van der Waals surface area contributed by atoms with Crippen LogP contribution in [0.25, 0.3) is 16.5 Å². The Morgan fingerprint density at radius 3 is 2.76 bits per heavy atom. The number of nitrogen functional groups attached to an aromatic ring is 1. The smallest absolute Gasteiger partial charge is 0.335 e. The van der Waals surface area contributed by atoms with Crippen LogP contribution in [0.15, 0.2) is 59.5 Å². The molecule has 0 saturated heterocycles. The molecule has 4 rings (SSSR count). The Bertz CT molecular complexity index is 1530. The largest absolute Gasteiger partial charge is 0.478 e. The van der Waals surface area contributed by atoms with E-state index in [-0.39, 0.29) is 28.5 Å². The molecular weight excluding hydrogens is 547 g/mol. The highest BCUT2D eigenvalue weighted by Crippen LogP contribution is 2.27. The Kier molecular flexibility index (Phi) is 6.47. The van der Waals surface area contributed by atoms with Crippen molar-refractivity contribution in [1.82, 2.24) is 14.5 Å². The van der Waals surface area contributed by atoms with Crippen LogP contribution < -0.4 is 16.6 Å². The Labute approximate surface area is 208 Å². The van der Waals surface area contributed by atoms with Gasteiger partial charge in [-0.05, 0) is 42.1 Å². The number of alkyl halides is 1. The number of benzene rings is 2. The molecule has 170 valence electrons. The number of rotatable bonds is 6. The molecule has 34 heavy (non-hydrogen) atoms. The van der Waals surface area contributed by atoms with Crippen molar-refractivity contribution >= 4 is 51.1 Å². The van der Waals surface area contributed by atoms with Gasteiger partial charge >= 0.3 is 5.97 Å². The summed E-state index contributed by atoms with van der Waals surface area (Å²) in [5.74, 6) is -0.848. The number of aromatic carboxylic acids is 1. The van der Waals surface area contributed by atoms with E-state index in [0.717, 1.165) is 10.9 Å². The first-order valence-corrected chi connectivity index (χ1v) is 11.7. The number of carbonyl (C=O) groups is 1. The number of nitrogens with two attached hydrogens (primary N) is 1. The number of anilines is 2. The fourth-order valence-electron chi connectivity index (χ4n) is 3.79. The van der Waals surface area contributed by atoms with Gasteiger partial charge in [-0.2, -0.15) is 10.2 Å². The van der Waals surface area contributed by atoms with Gasteiger partial charge in [0, 0.05) is 15.8 Å². The Hall–Kier alpha value is -3.98. The van der Waals surface area contributed by atoms with Gasteiger partial charge in [-0.15, -0.1) is 0 Å². The van der Waals surface area contributed by atoms with Crippen molar-refractivity contribution in [3.8, 4) is 11.8 Å². The van der Waals surface area contributed by atoms with E-state index in [2.05, 4.69) is 37.9 Å². The highest BCUT2D eigenvalue weighted by molar-refractivity contribution is 14.1. The van der Waals surface area contributed by atoms with Crippen LogP contribution in [-0.4, -0.2) is 25.6 Å². The molecule has 0 aliphatic carbocycles. The second kappa shape index (κ2) is 9.48. The van der Waals surface area contributed by atoms with Gasteiger partial charge in [-0.25, -0.2) is 9.78 Å². The average Bonchev–Trinajstić information content (AvgIpc) is 2.83. The molecule has 1 atom stereocenters. The molecule has 0 spiro atoms. The highest BCUT2D eigenvalue weighted by Gasteiger charge is 2.20. The Morgan fingerprint density at radius 1 is 1.29 bits per heavy atom. The van der Waals surface area contributed by atoms with Gasteiger partial charge in [0.05, 0.1) is 23.2 Å². The molecular formula is C24H19IN6O3. The monoisotopic (exact) mass is 566 g/mol. The van der Waals surface area contributed by atoms with Crippen molar-refractivity contribution in [3.05, 3.63) is 87.5 Å². The third-order valence-electron chi connectivity index (χ3n) is 5.38. The van der Waals surface area contributed by atoms with Crippen molar-refractivity contribution < 1.29 is 9.90 Å². The van der Waals surface area contributed by atoms with Gasteiger partial charge < -0.3 is 16.2 Å². The van der Waals surface area contributed by atoms with E-state index in [4.69, 9.17) is 5.73 Å². The number of carboxylic acids is 1. The van der Waals surface area contributed by atoms with Gasteiger partial charge in [-0.1, -0.05) is 46.9 Å². The van der Waals surface area contributed by atoms with Crippen LogP contribution in [0.4, 0.5) is 11.8 Å². The molecule has 0 fully saturated rings. The summed E-state index contributed by atoms with van der Waals surface area (Å²) in [6.07, 6.45) is 1.33. The van der Waals surface area contributed by atoms with E-state index in [1.54, 1.807) is 12.1 Å². The third kappa shape index (κ3) is 4.29. The van der Waals surface area contributed by atoms with E-state index in [1.807, 2.05) is 37.3 Å². The first kappa shape index (κ1) is 23.2. The molecule has 0 bridgehead atoms. The van der Waals surface area contributed by atoms with Gasteiger partial charge in [-0.3, -0.25) is 9.36 Å². The Morgan fingerprint density at radius 2 is 2.06 bits per heavy atom. The predicted molar refractivity (Wildman–Crippen MR) is 137 cm³/mol. The molecule has 4 N–H and O–H groups in total. The Balaban J connectivity index is 1.98. The molecule has 2 aromatic heterocycles. The molecule has 4 aromatic rings. The summed E-state index contributed by atoms with van der Waals surface area (Å²) in [5, 5.41) is 23.4. The molecule has 0 aliphatic rings. The van der Waals surface area contributed by atoms with Crippen molar-refractivity contribution in [3.63, 3.8) is 0 Å². The molecule has 0 amide bonds. The molecule has 0 aliphatic heterocycles. The van der Waals surface area contributed by atoms with E-state index < -0.39 is 12.0 Å². The summed E-state index contributed by atoms with van der Waals surface area (Å²) in [6.45, 7) is 1.82. The maximum atomic E-state index is 13.8. The lowest BCUT2D eigenvalue weighted by Crippen LogP contribution is -2.26. The standard InChI is InChI=1S/C24H19IN6O3/c1-13(29-21-17(11-26)12-28-24(27)30-21)19-9-14-4-2-6-16(10-25)20(14)22(32)31(19)18-7-3-5-15(8-18)23(33)34/h2-9,12-13H,10H2,1H3,(H,33,34)(H3,27,28,29,30)/t13-/m0/s1. The van der Waals surface area contributed by atoms with Crippen LogP contribution in [0.2, 0.25) is 0 Å². The molecule has 10 heteroatoms. The fraction of sp³-hybridized carbons (Fsp3) is 0.125. The van der Waals surface area contributed by atoms with Crippen LogP contribution in [-0.2, 0) is 4.43 Å². The zero-order chi connectivity index (χ0) is 24.4. The van der Waals surface area contributed by atoms with Crippen molar-refractivity contribution in [2.24, 2.45) is 0 Å². The zero-order valence-electron chi connectivity index (χ0n) is 18.0. The maximum absolute atomic E-state index is 13.8. The minimum atomic E-state index is -1.09. The minimum absolute atomic E-state index is 0.00505. The lowest BCUT2D eigenvalue weighted by atomic mass is 10.0. The number of fused-ring (bicyclic) bond motifs is 1. The first-order valence-electron chi connectivity index (χ1n) is 10.2. The minimum Gasteiger partial charge on any atom is -0.478 e. The second-order valence-corrected chi connectivity index (χ2v) is 8.31. The van der Waals surface area contributed by atoms with Gasteiger partial charge in [0.25, 0.3) is 5.56 Å².